The van der Waals surface area contributed by atoms with Gasteiger partial charge in [0.25, 0.3) is 17.5 Å². The number of hydrogen-bond donors (Lipinski definition) is 0. The minimum Gasteiger partial charge on any atom is -0.379 e. The highest BCUT2D eigenvalue weighted by Crippen LogP contribution is 2.27. The van der Waals surface area contributed by atoms with Gasteiger partial charge in [-0.15, -0.1) is 0 Å². The van der Waals surface area contributed by atoms with Crippen molar-refractivity contribution < 1.29 is 27.7 Å². The number of amides is 2. The summed E-state index contributed by atoms with van der Waals surface area (Å²) in [6.07, 6.45) is 5.41. The lowest BCUT2D eigenvalue weighted by Crippen LogP contribution is -2.39. The number of fused-ring (bicyclic) bond motifs is 1. The zero-order valence-corrected chi connectivity index (χ0v) is 24.1. The molecule has 4 rings (SSSR count). The molecule has 0 spiro atoms. The van der Waals surface area contributed by atoms with Crippen LogP contribution in [-0.2, 0) is 14.8 Å². The lowest BCUT2D eigenvalue weighted by molar-refractivity contribution is -0.387. The van der Waals surface area contributed by atoms with Gasteiger partial charge < -0.3 is 4.74 Å². The number of rotatable bonds is 16. The molecule has 0 bridgehead atoms. The van der Waals surface area contributed by atoms with E-state index in [-0.39, 0.29) is 29.8 Å². The molecule has 2 aliphatic rings. The predicted octanol–water partition coefficient (Wildman–Crippen LogP) is 3.94. The third kappa shape index (κ3) is 7.76. The van der Waals surface area contributed by atoms with Gasteiger partial charge in [0, 0.05) is 38.8 Å². The lowest BCUT2D eigenvalue weighted by Gasteiger charge is -2.28. The molecule has 2 aromatic carbocycles. The van der Waals surface area contributed by atoms with Crippen LogP contribution < -0.4 is 0 Å². The SMILES string of the molecule is O=C1c2ccccc2C(=O)N1CCCCCCCCN(CCCN1CCOCC1)S(=O)(=O)c1ccccc1[N+](=O)[O-]. The second kappa shape index (κ2) is 14.6. The summed E-state index contributed by atoms with van der Waals surface area (Å²) in [5.74, 6) is -0.474. The summed E-state index contributed by atoms with van der Waals surface area (Å²) in [7, 11) is -4.04. The third-order valence-corrected chi connectivity index (χ3v) is 9.53. The van der Waals surface area contributed by atoms with E-state index in [0.29, 0.717) is 50.1 Å². The van der Waals surface area contributed by atoms with Crippen molar-refractivity contribution in [2.45, 2.75) is 49.8 Å². The van der Waals surface area contributed by atoms with Crippen LogP contribution in [0.3, 0.4) is 0 Å². The highest BCUT2D eigenvalue weighted by Gasteiger charge is 2.34. The number of carbonyl (C=O) groups excluding carboxylic acids is 2. The summed E-state index contributed by atoms with van der Waals surface area (Å²) >= 11 is 0. The standard InChI is InChI=1S/C29H38N4O7S/c34-28-24-12-5-6-13-25(24)29(35)32(28)19-10-4-2-1-3-9-17-31(18-11-16-30-20-22-40-23-21-30)41(38,39)27-15-8-7-14-26(27)33(36)37/h5-8,12-15H,1-4,9-11,16-23H2. The first-order valence-electron chi connectivity index (χ1n) is 14.3. The fraction of sp³-hybridized carbons (Fsp3) is 0.517. The van der Waals surface area contributed by atoms with Crippen LogP contribution in [0.2, 0.25) is 0 Å². The van der Waals surface area contributed by atoms with Crippen molar-refractivity contribution >= 4 is 27.5 Å². The number of nitro benzene ring substituents is 1. The summed E-state index contributed by atoms with van der Waals surface area (Å²) in [6.45, 7) is 4.64. The third-order valence-electron chi connectivity index (χ3n) is 7.58. The molecular weight excluding hydrogens is 548 g/mol. The predicted molar refractivity (Wildman–Crippen MR) is 153 cm³/mol. The van der Waals surface area contributed by atoms with E-state index in [2.05, 4.69) is 4.90 Å². The number of ether oxygens (including phenoxy) is 1. The Morgan fingerprint density at radius 3 is 2.00 bits per heavy atom. The monoisotopic (exact) mass is 586 g/mol. The van der Waals surface area contributed by atoms with Crippen molar-refractivity contribution in [2.75, 3.05) is 52.5 Å². The Kier molecular flexibility index (Phi) is 11.0. The van der Waals surface area contributed by atoms with Crippen LogP contribution in [0.15, 0.2) is 53.4 Å². The second-order valence-electron chi connectivity index (χ2n) is 10.4. The molecule has 0 N–H and O–H groups in total. The van der Waals surface area contributed by atoms with Crippen molar-refractivity contribution in [1.82, 2.24) is 14.1 Å². The number of carbonyl (C=O) groups is 2. The van der Waals surface area contributed by atoms with Gasteiger partial charge in [0.15, 0.2) is 4.90 Å². The summed E-state index contributed by atoms with van der Waals surface area (Å²) in [5, 5.41) is 11.5. The van der Waals surface area contributed by atoms with Crippen molar-refractivity contribution in [3.8, 4) is 0 Å². The van der Waals surface area contributed by atoms with Gasteiger partial charge in [0.2, 0.25) is 10.0 Å². The Balaban J connectivity index is 1.24. The van der Waals surface area contributed by atoms with Gasteiger partial charge in [0.1, 0.15) is 0 Å². The lowest BCUT2D eigenvalue weighted by atomic mass is 10.1. The average molecular weight is 587 g/mol. The van der Waals surface area contributed by atoms with E-state index in [1.807, 2.05) is 0 Å². The van der Waals surface area contributed by atoms with Gasteiger partial charge in [-0.1, -0.05) is 49.9 Å². The topological polar surface area (TPSA) is 130 Å². The molecule has 0 aliphatic carbocycles. The van der Waals surface area contributed by atoms with E-state index in [4.69, 9.17) is 4.74 Å². The zero-order valence-electron chi connectivity index (χ0n) is 23.3. The minimum absolute atomic E-state index is 0.237. The molecular formula is C29H38N4O7S. The number of para-hydroxylation sites is 1. The zero-order chi connectivity index (χ0) is 29.2. The molecule has 1 fully saturated rings. The second-order valence-corrected chi connectivity index (χ2v) is 12.3. The van der Waals surface area contributed by atoms with E-state index in [1.54, 1.807) is 24.3 Å². The van der Waals surface area contributed by atoms with E-state index in [0.717, 1.165) is 45.3 Å². The van der Waals surface area contributed by atoms with Crippen molar-refractivity contribution in [1.29, 1.82) is 0 Å². The maximum Gasteiger partial charge on any atom is 0.289 e. The van der Waals surface area contributed by atoms with Gasteiger partial charge in [-0.2, -0.15) is 4.31 Å². The molecule has 41 heavy (non-hydrogen) atoms. The number of nitrogens with zero attached hydrogens (tertiary/aromatic N) is 4. The molecule has 11 nitrogen and oxygen atoms in total. The number of sulfonamides is 1. The summed E-state index contributed by atoms with van der Waals surface area (Å²) < 4.78 is 33.8. The minimum atomic E-state index is -4.04. The van der Waals surface area contributed by atoms with Crippen molar-refractivity contribution in [3.63, 3.8) is 0 Å². The molecule has 2 aromatic rings. The maximum atomic E-state index is 13.5. The normalized spacial score (nSPS) is 16.0. The fourth-order valence-corrected chi connectivity index (χ4v) is 6.99. The number of hydrogen-bond acceptors (Lipinski definition) is 8. The van der Waals surface area contributed by atoms with Gasteiger partial charge in [0.05, 0.1) is 29.3 Å². The van der Waals surface area contributed by atoms with Gasteiger partial charge in [-0.3, -0.25) is 29.5 Å². The Labute approximate surface area is 241 Å². The van der Waals surface area contributed by atoms with Crippen LogP contribution in [0.1, 0.15) is 65.7 Å². The molecule has 12 heteroatoms. The number of morpholine rings is 1. The molecule has 0 unspecified atom stereocenters. The highest BCUT2D eigenvalue weighted by molar-refractivity contribution is 7.89. The van der Waals surface area contributed by atoms with Crippen LogP contribution in [0, 0.1) is 10.1 Å². The van der Waals surface area contributed by atoms with E-state index < -0.39 is 20.6 Å². The molecule has 0 radical (unpaired) electrons. The van der Waals surface area contributed by atoms with Gasteiger partial charge in [-0.25, -0.2) is 8.42 Å². The smallest absolute Gasteiger partial charge is 0.289 e. The van der Waals surface area contributed by atoms with Crippen molar-refractivity contribution in [2.24, 2.45) is 0 Å². The first kappa shape index (κ1) is 30.8. The summed E-state index contributed by atoms with van der Waals surface area (Å²) in [5.41, 5.74) is 0.509. The summed E-state index contributed by atoms with van der Waals surface area (Å²) in [6, 6.07) is 12.4. The van der Waals surface area contributed by atoms with Gasteiger partial charge in [-0.05, 0) is 44.0 Å². The molecule has 2 aliphatic heterocycles. The van der Waals surface area contributed by atoms with E-state index in [1.165, 1.54) is 33.5 Å². The van der Waals surface area contributed by atoms with E-state index >= 15 is 0 Å². The molecule has 0 atom stereocenters. The van der Waals surface area contributed by atoms with E-state index in [9.17, 15) is 28.1 Å². The molecule has 2 heterocycles. The molecule has 0 saturated carbocycles. The van der Waals surface area contributed by atoms with Crippen molar-refractivity contribution in [3.05, 3.63) is 69.8 Å². The van der Waals surface area contributed by atoms with Crippen LogP contribution in [-0.4, -0.2) is 91.7 Å². The number of imide groups is 1. The highest BCUT2D eigenvalue weighted by atomic mass is 32.2. The first-order chi connectivity index (χ1) is 19.8. The Hall–Kier alpha value is -3.19. The molecule has 0 aromatic heterocycles. The summed E-state index contributed by atoms with van der Waals surface area (Å²) in [4.78, 5) is 39.1. The van der Waals surface area contributed by atoms with Crippen LogP contribution >= 0.6 is 0 Å². The number of unbranched alkanes of at least 4 members (excludes halogenated alkanes) is 5. The van der Waals surface area contributed by atoms with Gasteiger partial charge >= 0.3 is 0 Å². The van der Waals surface area contributed by atoms with Crippen LogP contribution in [0.25, 0.3) is 0 Å². The van der Waals surface area contributed by atoms with Crippen LogP contribution in [0.5, 0.6) is 0 Å². The number of nitro groups is 1. The molecule has 1 saturated heterocycles. The Morgan fingerprint density at radius 1 is 0.780 bits per heavy atom. The quantitative estimate of drug-likeness (QED) is 0.125. The number of benzene rings is 2. The Morgan fingerprint density at radius 2 is 1.34 bits per heavy atom. The fourth-order valence-electron chi connectivity index (χ4n) is 5.32. The maximum absolute atomic E-state index is 13.5. The Bertz CT molecular complexity index is 1290. The van der Waals surface area contributed by atoms with Crippen LogP contribution in [0.4, 0.5) is 5.69 Å². The molecule has 2 amide bonds. The molecule has 222 valence electrons. The average Bonchev–Trinajstić information content (AvgIpc) is 3.22. The largest absolute Gasteiger partial charge is 0.379 e. The first-order valence-corrected chi connectivity index (χ1v) is 15.7.